The molecular weight excluding hydrogens is 428 g/mol. The largest absolute Gasteiger partial charge is 0.376 e. The zero-order valence-electron chi connectivity index (χ0n) is 18.2. The number of aryl methyl sites for hydroxylation is 1. The molecule has 0 radical (unpaired) electrons. The normalized spacial score (nSPS) is 15.8. The van der Waals surface area contributed by atoms with Crippen LogP contribution in [0.1, 0.15) is 24.0 Å². The molecule has 1 aliphatic heterocycles. The molecule has 2 amide bonds. The van der Waals surface area contributed by atoms with Gasteiger partial charge in [0.05, 0.1) is 17.8 Å². The minimum Gasteiger partial charge on any atom is -0.376 e. The number of ether oxygens (including phenoxy) is 1. The third-order valence-corrected chi connectivity index (χ3v) is 6.59. The van der Waals surface area contributed by atoms with E-state index in [9.17, 15) is 14.4 Å². The fourth-order valence-electron chi connectivity index (χ4n) is 3.79. The average Bonchev–Trinajstić information content (AvgIpc) is 3.45. The molecule has 1 aromatic carbocycles. The van der Waals surface area contributed by atoms with Gasteiger partial charge in [-0.15, -0.1) is 11.3 Å². The number of rotatable bonds is 7. The summed E-state index contributed by atoms with van der Waals surface area (Å²) < 4.78 is 6.98. The van der Waals surface area contributed by atoms with Gasteiger partial charge in [0.25, 0.3) is 5.56 Å². The molecule has 1 saturated heterocycles. The molecule has 8 nitrogen and oxygen atoms in total. The molecule has 1 atom stereocenters. The summed E-state index contributed by atoms with van der Waals surface area (Å²) in [4.78, 5) is 45.0. The lowest BCUT2D eigenvalue weighted by Crippen LogP contribution is -2.44. The summed E-state index contributed by atoms with van der Waals surface area (Å²) in [6.07, 6.45) is 3.05. The lowest BCUT2D eigenvalue weighted by molar-refractivity contribution is -0.136. The Morgan fingerprint density at radius 3 is 2.94 bits per heavy atom. The molecule has 3 heterocycles. The molecule has 3 aromatic rings. The summed E-state index contributed by atoms with van der Waals surface area (Å²) in [5.41, 5.74) is 2.52. The van der Waals surface area contributed by atoms with Gasteiger partial charge < -0.3 is 15.0 Å². The van der Waals surface area contributed by atoms with Gasteiger partial charge in [0.1, 0.15) is 17.9 Å². The Hall–Kier alpha value is -3.04. The number of benzene rings is 1. The van der Waals surface area contributed by atoms with Gasteiger partial charge in [-0.05, 0) is 55.3 Å². The third-order valence-electron chi connectivity index (χ3n) is 5.77. The van der Waals surface area contributed by atoms with Crippen LogP contribution < -0.4 is 10.9 Å². The van der Waals surface area contributed by atoms with E-state index in [1.807, 2.05) is 32.0 Å². The molecule has 1 N–H and O–H groups in total. The second-order valence-electron chi connectivity index (χ2n) is 8.02. The van der Waals surface area contributed by atoms with Crippen LogP contribution in [0.2, 0.25) is 0 Å². The maximum atomic E-state index is 13.1. The van der Waals surface area contributed by atoms with E-state index in [2.05, 4.69) is 10.3 Å². The molecule has 1 fully saturated rings. The highest BCUT2D eigenvalue weighted by molar-refractivity contribution is 7.16. The molecule has 0 bridgehead atoms. The standard InChI is InChI=1S/C23H26N4O4S/c1-15-5-3-7-19(16(15)2)25-20(28)12-26(11-17-6-4-9-31-17)21(29)13-27-14-24-22-18(23(27)30)8-10-32-22/h3,5,7-8,10,14,17H,4,6,9,11-13H2,1-2H3,(H,25,28)/t17-/m1/s1. The molecule has 9 heteroatoms. The van der Waals surface area contributed by atoms with E-state index in [1.165, 1.54) is 27.1 Å². The molecular formula is C23H26N4O4S. The molecule has 4 rings (SSSR count). The summed E-state index contributed by atoms with van der Waals surface area (Å²) in [5.74, 6) is -0.612. The highest BCUT2D eigenvalue weighted by atomic mass is 32.1. The van der Waals surface area contributed by atoms with Crippen molar-refractivity contribution in [3.05, 3.63) is 57.5 Å². The summed E-state index contributed by atoms with van der Waals surface area (Å²) in [5, 5.41) is 5.19. The molecule has 0 spiro atoms. The van der Waals surface area contributed by atoms with Crippen LogP contribution in [0.15, 0.2) is 40.8 Å². The maximum Gasteiger partial charge on any atom is 0.262 e. The van der Waals surface area contributed by atoms with Gasteiger partial charge in [-0.2, -0.15) is 0 Å². The smallest absolute Gasteiger partial charge is 0.262 e. The van der Waals surface area contributed by atoms with E-state index in [1.54, 1.807) is 11.4 Å². The van der Waals surface area contributed by atoms with Crippen LogP contribution in [0, 0.1) is 13.8 Å². The van der Waals surface area contributed by atoms with Gasteiger partial charge in [-0.25, -0.2) is 4.98 Å². The number of aromatic nitrogens is 2. The van der Waals surface area contributed by atoms with Crippen molar-refractivity contribution in [1.82, 2.24) is 14.5 Å². The molecule has 168 valence electrons. The van der Waals surface area contributed by atoms with Crippen LogP contribution in [0.4, 0.5) is 5.69 Å². The Kier molecular flexibility index (Phi) is 6.66. The molecule has 0 saturated carbocycles. The van der Waals surface area contributed by atoms with Crippen molar-refractivity contribution < 1.29 is 14.3 Å². The summed E-state index contributed by atoms with van der Waals surface area (Å²) in [6.45, 7) is 4.59. The number of fused-ring (bicyclic) bond motifs is 1. The molecule has 32 heavy (non-hydrogen) atoms. The highest BCUT2D eigenvalue weighted by Crippen LogP contribution is 2.19. The van der Waals surface area contributed by atoms with Crippen molar-refractivity contribution in [2.75, 3.05) is 25.0 Å². The van der Waals surface area contributed by atoms with Crippen LogP contribution in [0.3, 0.4) is 0 Å². The second kappa shape index (κ2) is 9.62. The molecule has 0 unspecified atom stereocenters. The average molecular weight is 455 g/mol. The van der Waals surface area contributed by atoms with Crippen molar-refractivity contribution >= 4 is 39.1 Å². The quantitative estimate of drug-likeness (QED) is 0.593. The topological polar surface area (TPSA) is 93.5 Å². The van der Waals surface area contributed by atoms with E-state index in [0.29, 0.717) is 23.4 Å². The number of anilines is 1. The van der Waals surface area contributed by atoms with E-state index in [0.717, 1.165) is 29.7 Å². The van der Waals surface area contributed by atoms with Crippen molar-refractivity contribution in [1.29, 1.82) is 0 Å². The van der Waals surface area contributed by atoms with Crippen LogP contribution >= 0.6 is 11.3 Å². The van der Waals surface area contributed by atoms with Gasteiger partial charge >= 0.3 is 0 Å². The zero-order valence-corrected chi connectivity index (χ0v) is 19.0. The van der Waals surface area contributed by atoms with Gasteiger partial charge in [-0.1, -0.05) is 12.1 Å². The van der Waals surface area contributed by atoms with Crippen molar-refractivity contribution in [2.45, 2.75) is 39.3 Å². The number of carbonyl (C=O) groups is 2. The second-order valence-corrected chi connectivity index (χ2v) is 8.92. The Labute approximate surface area is 189 Å². The van der Waals surface area contributed by atoms with E-state index in [-0.39, 0.29) is 36.6 Å². The lowest BCUT2D eigenvalue weighted by Gasteiger charge is -2.25. The van der Waals surface area contributed by atoms with E-state index < -0.39 is 0 Å². The van der Waals surface area contributed by atoms with E-state index >= 15 is 0 Å². The number of hydrogen-bond acceptors (Lipinski definition) is 6. The predicted octanol–water partition coefficient (Wildman–Crippen LogP) is 2.72. The maximum absolute atomic E-state index is 13.1. The third kappa shape index (κ3) is 4.89. The minimum absolute atomic E-state index is 0.110. The number of carbonyl (C=O) groups excluding carboxylic acids is 2. The van der Waals surface area contributed by atoms with Crippen LogP contribution in [-0.4, -0.2) is 52.1 Å². The number of thiophene rings is 1. The number of hydrogen-bond donors (Lipinski definition) is 1. The first-order chi connectivity index (χ1) is 15.4. The SMILES string of the molecule is Cc1cccc(NC(=O)CN(C[C@H]2CCCO2)C(=O)Cn2cnc3sccc3c2=O)c1C. The zero-order chi connectivity index (χ0) is 22.7. The summed E-state index contributed by atoms with van der Waals surface area (Å²) >= 11 is 1.38. The monoisotopic (exact) mass is 454 g/mol. The Morgan fingerprint density at radius 2 is 2.16 bits per heavy atom. The van der Waals surface area contributed by atoms with Gasteiger partial charge in [-0.3, -0.25) is 19.0 Å². The predicted molar refractivity (Wildman–Crippen MR) is 124 cm³/mol. The van der Waals surface area contributed by atoms with Gasteiger partial charge in [0, 0.05) is 18.8 Å². The van der Waals surface area contributed by atoms with E-state index in [4.69, 9.17) is 4.74 Å². The van der Waals surface area contributed by atoms with Crippen molar-refractivity contribution in [3.8, 4) is 0 Å². The highest BCUT2D eigenvalue weighted by Gasteiger charge is 2.25. The van der Waals surface area contributed by atoms with Gasteiger partial charge in [0.2, 0.25) is 11.8 Å². The van der Waals surface area contributed by atoms with Gasteiger partial charge in [0.15, 0.2) is 0 Å². The van der Waals surface area contributed by atoms with Crippen LogP contribution in [-0.2, 0) is 20.9 Å². The summed E-state index contributed by atoms with van der Waals surface area (Å²) in [7, 11) is 0. The molecule has 2 aromatic heterocycles. The first kappa shape index (κ1) is 22.2. The Bertz CT molecular complexity index is 1200. The van der Waals surface area contributed by atoms with Crippen molar-refractivity contribution in [3.63, 3.8) is 0 Å². The van der Waals surface area contributed by atoms with Crippen LogP contribution in [0.25, 0.3) is 10.2 Å². The van der Waals surface area contributed by atoms with Crippen LogP contribution in [0.5, 0.6) is 0 Å². The first-order valence-corrected chi connectivity index (χ1v) is 11.5. The number of nitrogens with one attached hydrogen (secondary N) is 1. The fourth-order valence-corrected chi connectivity index (χ4v) is 4.51. The molecule has 1 aliphatic rings. The Balaban J connectivity index is 1.50. The minimum atomic E-state index is -0.324. The summed E-state index contributed by atoms with van der Waals surface area (Å²) in [6, 6.07) is 7.41. The van der Waals surface area contributed by atoms with Crippen molar-refractivity contribution in [2.24, 2.45) is 0 Å². The fraction of sp³-hybridized carbons (Fsp3) is 0.391. The Morgan fingerprint density at radius 1 is 1.31 bits per heavy atom. The first-order valence-electron chi connectivity index (χ1n) is 10.6. The molecule has 0 aliphatic carbocycles. The number of amides is 2. The number of nitrogens with zero attached hydrogens (tertiary/aromatic N) is 3. The lowest BCUT2D eigenvalue weighted by atomic mass is 10.1.